The monoisotopic (exact) mass is 346 g/mol. The third-order valence-electron chi connectivity index (χ3n) is 6.31. The molecule has 0 aromatic rings. The lowest BCUT2D eigenvalue weighted by molar-refractivity contribution is -0.122. The van der Waals surface area contributed by atoms with Crippen LogP contribution in [0.15, 0.2) is 34.6 Å². The number of rotatable bonds is 4. The van der Waals surface area contributed by atoms with Crippen LogP contribution >= 0.6 is 0 Å². The van der Waals surface area contributed by atoms with Crippen molar-refractivity contribution >= 4 is 5.78 Å². The molecule has 4 heteroatoms. The number of Topliss-reactive ketones (excluding diaryl/α,β-unsaturated/α-hetero) is 1. The Morgan fingerprint density at radius 2 is 2.08 bits per heavy atom. The molecule has 1 aliphatic heterocycles. The predicted molar refractivity (Wildman–Crippen MR) is 96.8 cm³/mol. The van der Waals surface area contributed by atoms with Crippen LogP contribution in [0.5, 0.6) is 0 Å². The molecular weight excluding hydrogens is 316 g/mol. The molecule has 0 saturated heterocycles. The normalized spacial score (nSPS) is 36.2. The number of aliphatic hydroxyl groups excluding tert-OH is 2. The quantitative estimate of drug-likeness (QED) is 0.765. The van der Waals surface area contributed by atoms with Gasteiger partial charge in [0.1, 0.15) is 17.5 Å². The fourth-order valence-corrected chi connectivity index (χ4v) is 4.65. The van der Waals surface area contributed by atoms with Gasteiger partial charge in [-0.2, -0.15) is 0 Å². The van der Waals surface area contributed by atoms with Crippen molar-refractivity contribution in [3.8, 4) is 0 Å². The molecule has 2 aliphatic carbocycles. The molecule has 3 aliphatic rings. The Morgan fingerprint density at radius 1 is 1.32 bits per heavy atom. The molecule has 1 heterocycles. The van der Waals surface area contributed by atoms with E-state index in [1.165, 1.54) is 5.57 Å². The molecule has 1 saturated carbocycles. The van der Waals surface area contributed by atoms with Gasteiger partial charge < -0.3 is 14.9 Å². The molecule has 4 nitrogen and oxygen atoms in total. The topological polar surface area (TPSA) is 66.8 Å². The predicted octanol–water partition coefficient (Wildman–Crippen LogP) is 3.44. The van der Waals surface area contributed by atoms with Crippen LogP contribution in [0.1, 0.15) is 59.3 Å². The minimum absolute atomic E-state index is 0.103. The first kappa shape index (κ1) is 18.4. The molecule has 3 rings (SSSR count). The molecule has 1 fully saturated rings. The van der Waals surface area contributed by atoms with Gasteiger partial charge in [0, 0.05) is 17.9 Å². The standard InChI is InChI=1S/C21H30O4/c1-13(12-22)5-4-6-14(2)15-9-10-21(3)17(15)11-16-18(23)7-8-19(24)20(16)25-21/h5-6,15,17,19,22,24H,4,7-12H2,1-3H3/b13-5+,14-6+. The van der Waals surface area contributed by atoms with E-state index in [1.807, 2.05) is 6.92 Å². The van der Waals surface area contributed by atoms with Crippen molar-refractivity contribution in [3.63, 3.8) is 0 Å². The van der Waals surface area contributed by atoms with Gasteiger partial charge in [0.15, 0.2) is 5.78 Å². The first-order valence-electron chi connectivity index (χ1n) is 9.42. The Hall–Kier alpha value is -1.39. The second kappa shape index (κ2) is 7.08. The number of fused-ring (bicyclic) bond motifs is 1. The summed E-state index contributed by atoms with van der Waals surface area (Å²) in [4.78, 5) is 12.3. The van der Waals surface area contributed by atoms with E-state index in [2.05, 4.69) is 26.0 Å². The number of allylic oxidation sites excluding steroid dienone is 4. The third-order valence-corrected chi connectivity index (χ3v) is 6.31. The van der Waals surface area contributed by atoms with Crippen molar-refractivity contribution in [2.24, 2.45) is 11.8 Å². The summed E-state index contributed by atoms with van der Waals surface area (Å²) in [7, 11) is 0. The molecule has 25 heavy (non-hydrogen) atoms. The van der Waals surface area contributed by atoms with E-state index in [9.17, 15) is 9.90 Å². The largest absolute Gasteiger partial charge is 0.488 e. The Kier molecular flexibility index (Phi) is 5.21. The molecule has 0 aromatic heterocycles. The molecule has 138 valence electrons. The van der Waals surface area contributed by atoms with E-state index in [1.54, 1.807) is 0 Å². The molecule has 2 N–H and O–H groups in total. The second-order valence-corrected chi connectivity index (χ2v) is 8.08. The van der Waals surface area contributed by atoms with E-state index in [4.69, 9.17) is 9.84 Å². The zero-order valence-corrected chi connectivity index (χ0v) is 15.5. The van der Waals surface area contributed by atoms with Crippen LogP contribution in [0, 0.1) is 11.8 Å². The fourth-order valence-electron chi connectivity index (χ4n) is 4.65. The number of ether oxygens (including phenoxy) is 1. The van der Waals surface area contributed by atoms with E-state index in [-0.39, 0.29) is 18.0 Å². The van der Waals surface area contributed by atoms with Gasteiger partial charge >= 0.3 is 0 Å². The zero-order valence-electron chi connectivity index (χ0n) is 15.5. The van der Waals surface area contributed by atoms with Crippen LogP contribution in [0.25, 0.3) is 0 Å². The van der Waals surface area contributed by atoms with Crippen molar-refractivity contribution < 1.29 is 19.7 Å². The number of carbonyl (C=O) groups excluding carboxylic acids is 1. The van der Waals surface area contributed by atoms with E-state index in [0.717, 1.165) is 36.8 Å². The van der Waals surface area contributed by atoms with E-state index in [0.29, 0.717) is 30.4 Å². The lowest BCUT2D eigenvalue weighted by Gasteiger charge is -2.43. The highest BCUT2D eigenvalue weighted by Gasteiger charge is 2.52. The van der Waals surface area contributed by atoms with Crippen LogP contribution < -0.4 is 0 Å². The smallest absolute Gasteiger partial charge is 0.162 e. The van der Waals surface area contributed by atoms with Gasteiger partial charge in [-0.05, 0) is 58.8 Å². The lowest BCUT2D eigenvalue weighted by atomic mass is 9.74. The van der Waals surface area contributed by atoms with E-state index >= 15 is 0 Å². The van der Waals surface area contributed by atoms with Crippen LogP contribution in [0.3, 0.4) is 0 Å². The number of hydrogen-bond acceptors (Lipinski definition) is 4. The summed E-state index contributed by atoms with van der Waals surface area (Å²) < 4.78 is 6.26. The Morgan fingerprint density at radius 3 is 2.80 bits per heavy atom. The van der Waals surface area contributed by atoms with Gasteiger partial charge in [0.25, 0.3) is 0 Å². The van der Waals surface area contributed by atoms with Gasteiger partial charge in [-0.15, -0.1) is 0 Å². The molecule has 4 atom stereocenters. The van der Waals surface area contributed by atoms with Gasteiger partial charge in [0.05, 0.1) is 6.61 Å². The van der Waals surface area contributed by atoms with Gasteiger partial charge in [-0.3, -0.25) is 4.79 Å². The van der Waals surface area contributed by atoms with Gasteiger partial charge in [0.2, 0.25) is 0 Å². The number of aliphatic hydroxyl groups is 2. The minimum atomic E-state index is -0.618. The summed E-state index contributed by atoms with van der Waals surface area (Å²) >= 11 is 0. The van der Waals surface area contributed by atoms with Crippen molar-refractivity contribution in [3.05, 3.63) is 34.6 Å². The van der Waals surface area contributed by atoms with E-state index < -0.39 is 6.10 Å². The zero-order chi connectivity index (χ0) is 18.2. The second-order valence-electron chi connectivity index (χ2n) is 8.08. The SMILES string of the molecule is C/C(=C\C/C=C(\C)C1CCC2(C)OC3=C(CC12)C(=O)CCC3O)CO. The highest BCUT2D eigenvalue weighted by molar-refractivity contribution is 5.97. The van der Waals surface area contributed by atoms with Crippen molar-refractivity contribution in [1.29, 1.82) is 0 Å². The minimum Gasteiger partial charge on any atom is -0.488 e. The number of carbonyl (C=O) groups is 1. The molecule has 4 unspecified atom stereocenters. The maximum atomic E-state index is 12.3. The third kappa shape index (κ3) is 3.47. The summed E-state index contributed by atoms with van der Waals surface area (Å²) in [6.07, 6.45) is 8.14. The first-order valence-corrected chi connectivity index (χ1v) is 9.42. The van der Waals surface area contributed by atoms with Crippen molar-refractivity contribution in [2.45, 2.75) is 71.0 Å². The number of ketones is 1. The van der Waals surface area contributed by atoms with Crippen LogP contribution in [-0.4, -0.2) is 34.3 Å². The van der Waals surface area contributed by atoms with Crippen LogP contribution in [0.2, 0.25) is 0 Å². The Bertz CT molecular complexity index is 642. The van der Waals surface area contributed by atoms with Crippen LogP contribution in [-0.2, 0) is 9.53 Å². The van der Waals surface area contributed by atoms with Crippen molar-refractivity contribution in [2.75, 3.05) is 6.61 Å². The van der Waals surface area contributed by atoms with Gasteiger partial charge in [-0.1, -0.05) is 23.3 Å². The average molecular weight is 346 g/mol. The molecule has 0 radical (unpaired) electrons. The Balaban J connectivity index is 1.80. The molecular formula is C21H30O4. The number of hydrogen-bond donors (Lipinski definition) is 2. The molecule has 0 spiro atoms. The van der Waals surface area contributed by atoms with Crippen molar-refractivity contribution in [1.82, 2.24) is 0 Å². The summed E-state index contributed by atoms with van der Waals surface area (Å²) in [5.74, 6) is 1.41. The first-order chi connectivity index (χ1) is 11.9. The fraction of sp³-hybridized carbons (Fsp3) is 0.667. The molecule has 0 bridgehead atoms. The summed E-state index contributed by atoms with van der Waals surface area (Å²) in [5.41, 5.74) is 2.77. The molecule has 0 aromatic carbocycles. The Labute approximate surface area is 150 Å². The molecule has 0 amide bonds. The maximum absolute atomic E-state index is 12.3. The van der Waals surface area contributed by atoms with Gasteiger partial charge in [-0.25, -0.2) is 0 Å². The highest BCUT2D eigenvalue weighted by Crippen LogP contribution is 2.53. The summed E-state index contributed by atoms with van der Waals surface area (Å²) in [6.45, 7) is 6.33. The summed E-state index contributed by atoms with van der Waals surface area (Å²) in [5, 5.41) is 19.3. The van der Waals surface area contributed by atoms with Crippen LogP contribution in [0.4, 0.5) is 0 Å². The summed E-state index contributed by atoms with van der Waals surface area (Å²) in [6, 6.07) is 0. The average Bonchev–Trinajstić information content (AvgIpc) is 2.93. The maximum Gasteiger partial charge on any atom is 0.162 e. The lowest BCUT2D eigenvalue weighted by Crippen LogP contribution is -2.44. The highest BCUT2D eigenvalue weighted by atomic mass is 16.5.